The van der Waals surface area contributed by atoms with Gasteiger partial charge < -0.3 is 20.1 Å². The van der Waals surface area contributed by atoms with E-state index in [2.05, 4.69) is 51.2 Å². The van der Waals surface area contributed by atoms with E-state index in [0.29, 0.717) is 13.1 Å². The summed E-state index contributed by atoms with van der Waals surface area (Å²) in [5, 5.41) is 13.6. The number of hydrogen-bond donors (Lipinski definition) is 2. The molecule has 0 aliphatic carbocycles. The first-order valence-electron chi connectivity index (χ1n) is 12.7. The van der Waals surface area contributed by atoms with Gasteiger partial charge in [-0.25, -0.2) is 18.4 Å². The Balaban J connectivity index is 1.52. The number of aromatic nitrogens is 3. The first-order chi connectivity index (χ1) is 17.7. The third-order valence-corrected chi connectivity index (χ3v) is 8.89. The summed E-state index contributed by atoms with van der Waals surface area (Å²) in [5.41, 5.74) is 3.81. The number of piperidine rings is 1. The highest BCUT2D eigenvalue weighted by molar-refractivity contribution is 7.89. The molecular formula is C26H34N8O2S. The summed E-state index contributed by atoms with van der Waals surface area (Å²) < 4.78 is 26.8. The van der Waals surface area contributed by atoms with Crippen LogP contribution in [0.2, 0.25) is 0 Å². The number of anilines is 2. The van der Waals surface area contributed by atoms with Gasteiger partial charge in [-0.3, -0.25) is 0 Å². The fraction of sp³-hybridized carbons (Fsp3) is 0.500. The lowest BCUT2D eigenvalue weighted by Crippen LogP contribution is -2.49. The van der Waals surface area contributed by atoms with Gasteiger partial charge in [0.2, 0.25) is 10.0 Å². The fourth-order valence-corrected chi connectivity index (χ4v) is 6.59. The minimum absolute atomic E-state index is 0.129. The van der Waals surface area contributed by atoms with Gasteiger partial charge in [0.25, 0.3) is 0 Å². The van der Waals surface area contributed by atoms with Crippen LogP contribution in [0.1, 0.15) is 18.9 Å². The number of pyridine rings is 2. The van der Waals surface area contributed by atoms with Gasteiger partial charge in [0, 0.05) is 74.2 Å². The molecule has 2 N–H and O–H groups in total. The number of nitrogens with zero attached hydrogens (tertiary/aromatic N) is 6. The molecule has 5 heterocycles. The summed E-state index contributed by atoms with van der Waals surface area (Å²) >= 11 is 0. The topological polar surface area (TPSA) is 121 Å². The number of sulfonamides is 1. The molecule has 2 fully saturated rings. The van der Waals surface area contributed by atoms with Crippen LogP contribution >= 0.6 is 0 Å². The summed E-state index contributed by atoms with van der Waals surface area (Å²) in [6.07, 6.45) is 4.54. The zero-order chi connectivity index (χ0) is 26.2. The largest absolute Gasteiger partial charge is 0.365 e. The fourth-order valence-electron chi connectivity index (χ4n) is 5.36. The van der Waals surface area contributed by atoms with E-state index >= 15 is 0 Å². The van der Waals surface area contributed by atoms with E-state index in [4.69, 9.17) is 10.2 Å². The highest BCUT2D eigenvalue weighted by atomic mass is 32.2. The van der Waals surface area contributed by atoms with Crippen molar-refractivity contribution in [2.75, 3.05) is 62.3 Å². The van der Waals surface area contributed by atoms with Crippen molar-refractivity contribution in [1.82, 2.24) is 24.2 Å². The third kappa shape index (κ3) is 5.42. The van der Waals surface area contributed by atoms with E-state index in [9.17, 15) is 8.42 Å². The molecule has 2 aliphatic heterocycles. The highest BCUT2D eigenvalue weighted by Crippen LogP contribution is 2.34. The second kappa shape index (κ2) is 10.3. The average Bonchev–Trinajstić information content (AvgIpc) is 3.33. The number of nitriles is 1. The van der Waals surface area contributed by atoms with Crippen LogP contribution in [0.15, 0.2) is 30.6 Å². The molecule has 5 rings (SSSR count). The minimum Gasteiger partial charge on any atom is -0.365 e. The Bertz CT molecular complexity index is 1420. The van der Waals surface area contributed by atoms with Crippen molar-refractivity contribution in [3.8, 4) is 17.2 Å². The molecule has 0 spiro atoms. The van der Waals surface area contributed by atoms with Gasteiger partial charge in [0.05, 0.1) is 6.07 Å². The molecule has 0 radical (unpaired) electrons. The second-order valence-corrected chi connectivity index (χ2v) is 12.3. The molecule has 0 amide bonds. The maximum atomic E-state index is 12.7. The summed E-state index contributed by atoms with van der Waals surface area (Å²) in [6.45, 7) is 8.64. The summed E-state index contributed by atoms with van der Waals surface area (Å²) in [5.74, 6) is 1.33. The molecule has 0 aromatic carbocycles. The monoisotopic (exact) mass is 522 g/mol. The molecule has 2 aliphatic rings. The van der Waals surface area contributed by atoms with Crippen molar-refractivity contribution < 1.29 is 8.42 Å². The molecular weight excluding hydrogens is 488 g/mol. The molecule has 2 atom stereocenters. The molecule has 11 heteroatoms. The van der Waals surface area contributed by atoms with Crippen LogP contribution in [0.3, 0.4) is 0 Å². The summed E-state index contributed by atoms with van der Waals surface area (Å²) in [4.78, 5) is 17.5. The maximum absolute atomic E-state index is 12.7. The van der Waals surface area contributed by atoms with Gasteiger partial charge in [-0.1, -0.05) is 6.92 Å². The van der Waals surface area contributed by atoms with E-state index in [0.717, 1.165) is 72.0 Å². The molecule has 0 bridgehead atoms. The number of H-pyrrole nitrogens is 1. The van der Waals surface area contributed by atoms with Crippen molar-refractivity contribution in [3.63, 3.8) is 0 Å². The Kier molecular flexibility index (Phi) is 7.07. The van der Waals surface area contributed by atoms with Gasteiger partial charge in [-0.05, 0) is 50.1 Å². The number of piperazine rings is 1. The van der Waals surface area contributed by atoms with Gasteiger partial charge >= 0.3 is 0 Å². The first kappa shape index (κ1) is 25.4. The number of rotatable bonds is 6. The van der Waals surface area contributed by atoms with Crippen molar-refractivity contribution in [2.45, 2.75) is 26.3 Å². The molecule has 3 aromatic heterocycles. The number of aromatic amines is 1. The number of hydrogen-bond acceptors (Lipinski definition) is 8. The van der Waals surface area contributed by atoms with Crippen molar-refractivity contribution in [2.24, 2.45) is 5.92 Å². The molecule has 0 saturated carbocycles. The van der Waals surface area contributed by atoms with E-state index in [1.165, 1.54) is 4.31 Å². The Labute approximate surface area is 218 Å². The number of nitrogens with one attached hydrogen (secondary N) is 2. The normalized spacial score (nSPS) is 21.7. The smallest absolute Gasteiger partial charge is 0.227 e. The Morgan fingerprint density at radius 1 is 1.22 bits per heavy atom. The average molecular weight is 523 g/mol. The minimum atomic E-state index is -3.62. The Morgan fingerprint density at radius 2 is 2.00 bits per heavy atom. The zero-order valence-electron chi connectivity index (χ0n) is 21.6. The first-order valence-corrected chi connectivity index (χ1v) is 14.3. The van der Waals surface area contributed by atoms with Crippen molar-refractivity contribution >= 4 is 32.7 Å². The van der Waals surface area contributed by atoms with Gasteiger partial charge in [-0.15, -0.1) is 0 Å². The summed E-state index contributed by atoms with van der Waals surface area (Å²) in [7, 11) is -1.49. The van der Waals surface area contributed by atoms with E-state index in [1.807, 2.05) is 25.4 Å². The quantitative estimate of drug-likeness (QED) is 0.507. The molecule has 3 aromatic rings. The lowest BCUT2D eigenvalue weighted by atomic mass is 9.97. The predicted octanol–water partition coefficient (Wildman–Crippen LogP) is 2.66. The number of likely N-dealkylation sites (N-methyl/N-ethyl adjacent to an activating group) is 1. The third-order valence-electron chi connectivity index (χ3n) is 7.31. The number of aryl methyl sites for hydroxylation is 1. The summed E-state index contributed by atoms with van der Waals surface area (Å²) in [6, 6.07) is 7.93. The Morgan fingerprint density at radius 3 is 2.76 bits per heavy atom. The van der Waals surface area contributed by atoms with Gasteiger partial charge in [0.1, 0.15) is 17.3 Å². The lowest BCUT2D eigenvalue weighted by Gasteiger charge is -2.37. The molecule has 2 saturated heterocycles. The standard InChI is InChI=1S/C26H34N8O2S/c1-18-12-22(17-34(16-18)37(35,36)11-5-27)30-25-23(21-14-20-4-6-28-24(20)29-15-21)13-19(2)26(31-25)33-9-7-32(3)8-10-33/h4,6,13-15,18,22H,7-12,16-17H2,1-3H3,(H,28,29)(H,30,31). The van der Waals surface area contributed by atoms with Crippen LogP contribution in [0.5, 0.6) is 0 Å². The van der Waals surface area contributed by atoms with Gasteiger partial charge in [0.15, 0.2) is 5.75 Å². The lowest BCUT2D eigenvalue weighted by molar-refractivity contribution is 0.264. The van der Waals surface area contributed by atoms with Crippen LogP contribution in [0, 0.1) is 24.2 Å². The van der Waals surface area contributed by atoms with Crippen molar-refractivity contribution in [1.29, 1.82) is 5.26 Å². The van der Waals surface area contributed by atoms with Crippen LogP contribution in [-0.2, 0) is 10.0 Å². The van der Waals surface area contributed by atoms with E-state index < -0.39 is 15.8 Å². The van der Waals surface area contributed by atoms with E-state index in [1.54, 1.807) is 6.07 Å². The number of fused-ring (bicyclic) bond motifs is 1. The van der Waals surface area contributed by atoms with Crippen LogP contribution in [0.25, 0.3) is 22.2 Å². The molecule has 37 heavy (non-hydrogen) atoms. The van der Waals surface area contributed by atoms with Crippen LogP contribution < -0.4 is 10.2 Å². The SMILES string of the molecule is Cc1cc(-c2cnc3[nH]ccc3c2)c(NC2CC(C)CN(S(=O)(=O)CC#N)C2)nc1N1CCN(C)CC1. The zero-order valence-corrected chi connectivity index (χ0v) is 22.4. The second-order valence-electron chi connectivity index (χ2n) is 10.4. The molecule has 10 nitrogen and oxygen atoms in total. The molecule has 2 unspecified atom stereocenters. The van der Waals surface area contributed by atoms with Gasteiger partial charge in [-0.2, -0.15) is 9.57 Å². The highest BCUT2D eigenvalue weighted by Gasteiger charge is 2.33. The van der Waals surface area contributed by atoms with Crippen LogP contribution in [-0.4, -0.2) is 90.7 Å². The maximum Gasteiger partial charge on any atom is 0.227 e. The van der Waals surface area contributed by atoms with Crippen LogP contribution in [0.4, 0.5) is 11.6 Å². The van der Waals surface area contributed by atoms with E-state index in [-0.39, 0.29) is 12.0 Å². The predicted molar refractivity (Wildman–Crippen MR) is 146 cm³/mol. The Hall–Kier alpha value is -3.20. The van der Waals surface area contributed by atoms with Crippen molar-refractivity contribution in [3.05, 3.63) is 36.2 Å². The molecule has 196 valence electrons.